The van der Waals surface area contributed by atoms with E-state index < -0.39 is 10.0 Å². The second-order valence-corrected chi connectivity index (χ2v) is 6.01. The van der Waals surface area contributed by atoms with Crippen molar-refractivity contribution >= 4 is 27.4 Å². The summed E-state index contributed by atoms with van der Waals surface area (Å²) in [6.45, 7) is 0.117. The lowest BCUT2D eigenvalue weighted by atomic mass is 10.2. The summed E-state index contributed by atoms with van der Waals surface area (Å²) in [7, 11) is -3.62. The van der Waals surface area contributed by atoms with Gasteiger partial charge in [0.25, 0.3) is 0 Å². The minimum atomic E-state index is -3.62. The molecule has 2 aromatic rings. The van der Waals surface area contributed by atoms with Crippen LogP contribution in [0, 0.1) is 0 Å². The first kappa shape index (κ1) is 13.8. The Morgan fingerprint density at radius 3 is 2.58 bits per heavy atom. The van der Waals surface area contributed by atoms with Gasteiger partial charge in [-0.15, -0.1) is 0 Å². The molecule has 3 N–H and O–H groups in total. The van der Waals surface area contributed by atoms with Crippen LogP contribution in [0.15, 0.2) is 47.5 Å². The normalized spacial score (nSPS) is 11.4. The van der Waals surface area contributed by atoms with Gasteiger partial charge in [0.2, 0.25) is 10.0 Å². The molecule has 19 heavy (non-hydrogen) atoms. The summed E-state index contributed by atoms with van der Waals surface area (Å²) in [6, 6.07) is 9.87. The van der Waals surface area contributed by atoms with Gasteiger partial charge in [0.05, 0.1) is 0 Å². The number of nitrogens with one attached hydrogen (secondary N) is 1. The summed E-state index contributed by atoms with van der Waals surface area (Å²) in [5.74, 6) is 0.269. The van der Waals surface area contributed by atoms with Crippen LogP contribution in [0.5, 0.6) is 0 Å². The molecule has 0 bridgehead atoms. The Hall–Kier alpha value is -1.63. The molecule has 0 fully saturated rings. The average Bonchev–Trinajstić information content (AvgIpc) is 2.38. The molecule has 5 nitrogen and oxygen atoms in total. The summed E-state index contributed by atoms with van der Waals surface area (Å²) in [5, 5.41) is 0.514. The molecule has 0 spiro atoms. The van der Waals surface area contributed by atoms with Crippen molar-refractivity contribution in [1.82, 2.24) is 9.71 Å². The van der Waals surface area contributed by atoms with Crippen molar-refractivity contribution in [3.05, 3.63) is 53.2 Å². The molecule has 0 saturated carbocycles. The Morgan fingerprint density at radius 2 is 1.95 bits per heavy atom. The second kappa shape index (κ2) is 5.56. The molecule has 0 amide bonds. The number of pyridine rings is 1. The summed E-state index contributed by atoms with van der Waals surface area (Å²) < 4.78 is 26.4. The number of sulfonamides is 1. The maximum absolute atomic E-state index is 12.0. The van der Waals surface area contributed by atoms with E-state index in [4.69, 9.17) is 17.3 Å². The van der Waals surface area contributed by atoms with Crippen LogP contribution in [0.3, 0.4) is 0 Å². The predicted molar refractivity (Wildman–Crippen MR) is 74.1 cm³/mol. The maximum Gasteiger partial charge on any atom is 0.242 e. The highest BCUT2D eigenvalue weighted by atomic mass is 35.5. The fourth-order valence-electron chi connectivity index (χ4n) is 1.45. The van der Waals surface area contributed by atoms with Crippen LogP contribution in [0.2, 0.25) is 5.02 Å². The molecule has 0 aliphatic carbocycles. The number of nitrogens with two attached hydrogens (primary N) is 1. The highest BCUT2D eigenvalue weighted by Crippen LogP contribution is 2.16. The van der Waals surface area contributed by atoms with Gasteiger partial charge in [0.1, 0.15) is 10.7 Å². The number of hydrogen-bond donors (Lipinski definition) is 2. The molecule has 0 aliphatic rings. The third kappa shape index (κ3) is 3.44. The molecule has 0 aliphatic heterocycles. The summed E-state index contributed by atoms with van der Waals surface area (Å²) in [6.07, 6.45) is 1.21. The summed E-state index contributed by atoms with van der Waals surface area (Å²) in [4.78, 5) is 3.81. The number of anilines is 1. The largest absolute Gasteiger partial charge is 0.384 e. The topological polar surface area (TPSA) is 85.1 Å². The van der Waals surface area contributed by atoms with E-state index in [2.05, 4.69) is 9.71 Å². The first-order valence-corrected chi connectivity index (χ1v) is 7.30. The van der Waals surface area contributed by atoms with E-state index in [-0.39, 0.29) is 17.3 Å². The molecule has 0 radical (unpaired) electrons. The van der Waals surface area contributed by atoms with Gasteiger partial charge in [-0.05, 0) is 23.8 Å². The highest BCUT2D eigenvalue weighted by molar-refractivity contribution is 7.89. The van der Waals surface area contributed by atoms with Crippen molar-refractivity contribution in [1.29, 1.82) is 0 Å². The van der Waals surface area contributed by atoms with Crippen LogP contribution in [0.25, 0.3) is 0 Å². The molecule has 0 unspecified atom stereocenters. The van der Waals surface area contributed by atoms with Crippen molar-refractivity contribution in [3.63, 3.8) is 0 Å². The first-order chi connectivity index (χ1) is 8.99. The van der Waals surface area contributed by atoms with E-state index in [0.717, 1.165) is 0 Å². The molecule has 1 aromatic heterocycles. The molecular formula is C12H12ClN3O2S. The van der Waals surface area contributed by atoms with Gasteiger partial charge in [-0.25, -0.2) is 18.1 Å². The Bertz CT molecular complexity index is 672. The number of nitrogen functional groups attached to an aromatic ring is 1. The molecule has 7 heteroatoms. The first-order valence-electron chi connectivity index (χ1n) is 5.43. The molecule has 1 aromatic carbocycles. The number of hydrogen-bond acceptors (Lipinski definition) is 4. The van der Waals surface area contributed by atoms with E-state index in [1.54, 1.807) is 24.3 Å². The summed E-state index contributed by atoms with van der Waals surface area (Å²) >= 11 is 5.96. The van der Waals surface area contributed by atoms with Gasteiger partial charge in [-0.1, -0.05) is 29.8 Å². The number of nitrogens with zero attached hydrogens (tertiary/aromatic N) is 1. The Labute approximate surface area is 116 Å². The maximum atomic E-state index is 12.0. The third-order valence-corrected chi connectivity index (χ3v) is 4.24. The monoisotopic (exact) mass is 297 g/mol. The van der Waals surface area contributed by atoms with Gasteiger partial charge in [-0.3, -0.25) is 0 Å². The Balaban J connectivity index is 2.14. The lowest BCUT2D eigenvalue weighted by Gasteiger charge is -2.07. The zero-order valence-electron chi connectivity index (χ0n) is 9.88. The van der Waals surface area contributed by atoms with Crippen LogP contribution in [-0.2, 0) is 16.6 Å². The Kier molecular flexibility index (Phi) is 4.04. The van der Waals surface area contributed by atoms with Gasteiger partial charge >= 0.3 is 0 Å². The van der Waals surface area contributed by atoms with Crippen molar-refractivity contribution in [3.8, 4) is 0 Å². The highest BCUT2D eigenvalue weighted by Gasteiger charge is 2.14. The smallest absolute Gasteiger partial charge is 0.242 e. The molecule has 100 valence electrons. The SMILES string of the molecule is Nc1ccc(S(=O)(=O)NCc2ccccc2Cl)cn1. The molecule has 2 rings (SSSR count). The van der Waals surface area contributed by atoms with E-state index in [9.17, 15) is 8.42 Å². The van der Waals surface area contributed by atoms with Crippen molar-refractivity contribution in [2.45, 2.75) is 11.4 Å². The van der Waals surface area contributed by atoms with Crippen molar-refractivity contribution < 1.29 is 8.42 Å². The van der Waals surface area contributed by atoms with E-state index >= 15 is 0 Å². The number of aromatic nitrogens is 1. The molecular weight excluding hydrogens is 286 g/mol. The zero-order valence-corrected chi connectivity index (χ0v) is 11.4. The summed E-state index contributed by atoms with van der Waals surface area (Å²) in [5.41, 5.74) is 6.12. The van der Waals surface area contributed by atoms with Gasteiger partial charge in [0, 0.05) is 17.8 Å². The molecule has 1 heterocycles. The van der Waals surface area contributed by atoms with Crippen LogP contribution >= 0.6 is 11.6 Å². The second-order valence-electron chi connectivity index (χ2n) is 3.83. The fourth-order valence-corrected chi connectivity index (χ4v) is 2.60. The standard InChI is InChI=1S/C12H12ClN3O2S/c13-11-4-2-1-3-9(11)7-16-19(17,18)10-5-6-12(14)15-8-10/h1-6,8,16H,7H2,(H2,14,15). The Morgan fingerprint density at radius 1 is 1.21 bits per heavy atom. The number of halogens is 1. The minimum Gasteiger partial charge on any atom is -0.384 e. The van der Waals surface area contributed by atoms with Gasteiger partial charge in [-0.2, -0.15) is 0 Å². The molecule has 0 atom stereocenters. The van der Waals surface area contributed by atoms with Gasteiger partial charge < -0.3 is 5.73 Å². The van der Waals surface area contributed by atoms with Gasteiger partial charge in [0.15, 0.2) is 0 Å². The lowest BCUT2D eigenvalue weighted by Crippen LogP contribution is -2.23. The van der Waals surface area contributed by atoms with E-state index in [0.29, 0.717) is 10.6 Å². The zero-order chi connectivity index (χ0) is 13.9. The van der Waals surface area contributed by atoms with Crippen molar-refractivity contribution in [2.24, 2.45) is 0 Å². The fraction of sp³-hybridized carbons (Fsp3) is 0.0833. The molecule has 0 saturated heterocycles. The van der Waals surface area contributed by atoms with Crippen molar-refractivity contribution in [2.75, 3.05) is 5.73 Å². The van der Waals surface area contributed by atoms with E-state index in [1.807, 2.05) is 0 Å². The van der Waals surface area contributed by atoms with Crippen LogP contribution in [-0.4, -0.2) is 13.4 Å². The van der Waals surface area contributed by atoms with Crippen LogP contribution < -0.4 is 10.5 Å². The van der Waals surface area contributed by atoms with Crippen LogP contribution in [0.1, 0.15) is 5.56 Å². The van der Waals surface area contributed by atoms with E-state index in [1.165, 1.54) is 18.3 Å². The third-order valence-electron chi connectivity index (χ3n) is 2.48. The lowest BCUT2D eigenvalue weighted by molar-refractivity contribution is 0.581. The predicted octanol–water partition coefficient (Wildman–Crippen LogP) is 1.80. The minimum absolute atomic E-state index is 0.0637. The number of rotatable bonds is 4. The number of benzene rings is 1. The quantitative estimate of drug-likeness (QED) is 0.901. The average molecular weight is 298 g/mol. The van der Waals surface area contributed by atoms with Crippen LogP contribution in [0.4, 0.5) is 5.82 Å².